The van der Waals surface area contributed by atoms with E-state index in [2.05, 4.69) is 27.3 Å². The Labute approximate surface area is 160 Å². The van der Waals surface area contributed by atoms with Gasteiger partial charge in [-0.15, -0.1) is 0 Å². The average molecular weight is 418 g/mol. The predicted octanol–water partition coefficient (Wildman–Crippen LogP) is 3.81. The van der Waals surface area contributed by atoms with Crippen LogP contribution in [-0.4, -0.2) is 25.6 Å². The Bertz CT molecular complexity index is 821. The zero-order chi connectivity index (χ0) is 18.5. The van der Waals surface area contributed by atoms with E-state index in [4.69, 9.17) is 9.47 Å². The number of carbonyl (C=O) groups excluding carboxylic acids is 2. The molecule has 5 nitrogen and oxygen atoms in total. The number of nitrogens with one attached hydrogen (secondary N) is 1. The summed E-state index contributed by atoms with van der Waals surface area (Å²) < 4.78 is 10.9. The van der Waals surface area contributed by atoms with Crippen molar-refractivity contribution in [1.29, 1.82) is 0 Å². The molecule has 0 aromatic heterocycles. The van der Waals surface area contributed by atoms with Crippen molar-refractivity contribution in [2.75, 3.05) is 13.7 Å². The highest BCUT2D eigenvalue weighted by molar-refractivity contribution is 9.10. The summed E-state index contributed by atoms with van der Waals surface area (Å²) in [6.45, 7) is -0.318. The molecule has 3 rings (SSSR count). The van der Waals surface area contributed by atoms with Crippen molar-refractivity contribution in [3.8, 4) is 5.75 Å². The third-order valence-corrected chi connectivity index (χ3v) is 5.12. The van der Waals surface area contributed by atoms with Crippen LogP contribution in [0.15, 0.2) is 46.9 Å². The Kier molecular flexibility index (Phi) is 5.93. The molecule has 0 fully saturated rings. The SMILES string of the molecule is COc1ccc(Br)c(C(=O)OCC(=O)N[C@H]2CCCc3ccccc32)c1. The average Bonchev–Trinajstić information content (AvgIpc) is 2.67. The first kappa shape index (κ1) is 18.5. The lowest BCUT2D eigenvalue weighted by atomic mass is 9.88. The van der Waals surface area contributed by atoms with E-state index in [1.54, 1.807) is 18.2 Å². The van der Waals surface area contributed by atoms with Crippen LogP contribution in [0, 0.1) is 0 Å². The first-order valence-corrected chi connectivity index (χ1v) is 9.25. The molecule has 0 heterocycles. The maximum Gasteiger partial charge on any atom is 0.339 e. The number of hydrogen-bond donors (Lipinski definition) is 1. The summed E-state index contributed by atoms with van der Waals surface area (Å²) in [4.78, 5) is 24.5. The summed E-state index contributed by atoms with van der Waals surface area (Å²) in [5.41, 5.74) is 2.73. The minimum Gasteiger partial charge on any atom is -0.497 e. The summed E-state index contributed by atoms with van der Waals surface area (Å²) in [7, 11) is 1.52. The molecule has 0 bridgehead atoms. The number of esters is 1. The number of fused-ring (bicyclic) bond motifs is 1. The number of benzene rings is 2. The lowest BCUT2D eigenvalue weighted by Crippen LogP contribution is -2.34. The Morgan fingerprint density at radius 2 is 2.04 bits per heavy atom. The number of hydrogen-bond acceptors (Lipinski definition) is 4. The van der Waals surface area contributed by atoms with Gasteiger partial charge >= 0.3 is 5.97 Å². The second kappa shape index (κ2) is 8.36. The van der Waals surface area contributed by atoms with Crippen molar-refractivity contribution in [1.82, 2.24) is 5.32 Å². The summed E-state index contributed by atoms with van der Waals surface area (Å²) in [5, 5.41) is 2.97. The molecule has 0 saturated carbocycles. The molecule has 0 saturated heterocycles. The molecular formula is C20H20BrNO4. The van der Waals surface area contributed by atoms with Crippen LogP contribution < -0.4 is 10.1 Å². The quantitative estimate of drug-likeness (QED) is 0.751. The number of carbonyl (C=O) groups is 2. The number of halogens is 1. The largest absolute Gasteiger partial charge is 0.497 e. The van der Waals surface area contributed by atoms with E-state index in [0.29, 0.717) is 15.8 Å². The fourth-order valence-electron chi connectivity index (χ4n) is 3.14. The molecule has 0 unspecified atom stereocenters. The number of rotatable bonds is 5. The molecule has 26 heavy (non-hydrogen) atoms. The van der Waals surface area contributed by atoms with Crippen molar-refractivity contribution >= 4 is 27.8 Å². The van der Waals surface area contributed by atoms with E-state index in [-0.39, 0.29) is 18.6 Å². The molecule has 2 aromatic rings. The predicted molar refractivity (Wildman–Crippen MR) is 101 cm³/mol. The van der Waals surface area contributed by atoms with Gasteiger partial charge in [0.25, 0.3) is 5.91 Å². The first-order valence-electron chi connectivity index (χ1n) is 8.46. The highest BCUT2D eigenvalue weighted by Crippen LogP contribution is 2.29. The van der Waals surface area contributed by atoms with Gasteiger partial charge in [0.15, 0.2) is 6.61 Å². The molecule has 136 valence electrons. The highest BCUT2D eigenvalue weighted by Gasteiger charge is 2.22. The third kappa shape index (κ3) is 4.25. The first-order chi connectivity index (χ1) is 12.6. The molecule has 1 aliphatic rings. The van der Waals surface area contributed by atoms with Gasteiger partial charge in [-0.1, -0.05) is 24.3 Å². The second-order valence-electron chi connectivity index (χ2n) is 6.13. The Morgan fingerprint density at radius 1 is 1.23 bits per heavy atom. The molecule has 0 spiro atoms. The van der Waals surface area contributed by atoms with Crippen molar-refractivity contribution in [2.45, 2.75) is 25.3 Å². The van der Waals surface area contributed by atoms with Gasteiger partial charge in [-0.2, -0.15) is 0 Å². The highest BCUT2D eigenvalue weighted by atomic mass is 79.9. The van der Waals surface area contributed by atoms with Crippen LogP contribution in [0.25, 0.3) is 0 Å². The van der Waals surface area contributed by atoms with Crippen molar-refractivity contribution < 1.29 is 19.1 Å². The molecule has 1 aliphatic carbocycles. The van der Waals surface area contributed by atoms with Gasteiger partial charge < -0.3 is 14.8 Å². The van der Waals surface area contributed by atoms with Crippen molar-refractivity contribution in [2.24, 2.45) is 0 Å². The van der Waals surface area contributed by atoms with Gasteiger partial charge in [0.1, 0.15) is 5.75 Å². The van der Waals surface area contributed by atoms with E-state index in [0.717, 1.165) is 24.8 Å². The topological polar surface area (TPSA) is 64.6 Å². The minimum absolute atomic E-state index is 0.0327. The normalized spacial score (nSPS) is 15.7. The molecule has 2 aromatic carbocycles. The van der Waals surface area contributed by atoms with Crippen LogP contribution in [0.4, 0.5) is 0 Å². The lowest BCUT2D eigenvalue weighted by Gasteiger charge is -2.26. The van der Waals surface area contributed by atoms with Crippen molar-refractivity contribution in [3.63, 3.8) is 0 Å². The van der Waals surface area contributed by atoms with Crippen LogP contribution in [0.5, 0.6) is 5.75 Å². The summed E-state index contributed by atoms with van der Waals surface area (Å²) >= 11 is 3.31. The van der Waals surface area contributed by atoms with E-state index in [1.165, 1.54) is 12.7 Å². The summed E-state index contributed by atoms with van der Waals surface area (Å²) in [6, 6.07) is 13.1. The van der Waals surface area contributed by atoms with E-state index in [1.807, 2.05) is 18.2 Å². The maximum absolute atomic E-state index is 12.2. The fourth-order valence-corrected chi connectivity index (χ4v) is 3.54. The fraction of sp³-hybridized carbons (Fsp3) is 0.300. The van der Waals surface area contributed by atoms with E-state index in [9.17, 15) is 9.59 Å². The molecular weight excluding hydrogens is 398 g/mol. The molecule has 6 heteroatoms. The van der Waals surface area contributed by atoms with Crippen LogP contribution in [0.3, 0.4) is 0 Å². The molecule has 1 atom stereocenters. The molecule has 0 aliphatic heterocycles. The Morgan fingerprint density at radius 3 is 2.85 bits per heavy atom. The Balaban J connectivity index is 1.59. The van der Waals surface area contributed by atoms with Crippen molar-refractivity contribution in [3.05, 3.63) is 63.6 Å². The number of methoxy groups -OCH3 is 1. The summed E-state index contributed by atoms with van der Waals surface area (Å²) in [6.07, 6.45) is 2.94. The van der Waals surface area contributed by atoms with Gasteiger partial charge in [-0.05, 0) is 64.5 Å². The maximum atomic E-state index is 12.2. The van der Waals surface area contributed by atoms with E-state index < -0.39 is 5.97 Å². The minimum atomic E-state index is -0.574. The van der Waals surface area contributed by atoms with E-state index >= 15 is 0 Å². The summed E-state index contributed by atoms with van der Waals surface area (Å²) in [5.74, 6) is -0.336. The van der Waals surface area contributed by atoms with Crippen LogP contribution in [0.2, 0.25) is 0 Å². The number of amides is 1. The number of ether oxygens (including phenoxy) is 2. The zero-order valence-corrected chi connectivity index (χ0v) is 16.0. The van der Waals surface area contributed by atoms with Gasteiger partial charge in [0, 0.05) is 4.47 Å². The van der Waals surface area contributed by atoms with Crippen LogP contribution in [0.1, 0.15) is 40.4 Å². The molecule has 0 radical (unpaired) electrons. The van der Waals surface area contributed by atoms with Crippen LogP contribution in [-0.2, 0) is 16.0 Å². The Hall–Kier alpha value is -2.34. The number of aryl methyl sites for hydroxylation is 1. The third-order valence-electron chi connectivity index (χ3n) is 4.43. The molecule has 1 N–H and O–H groups in total. The standard InChI is InChI=1S/C20H20BrNO4/c1-25-14-9-10-17(21)16(11-14)20(24)26-12-19(23)22-18-8-4-6-13-5-2-3-7-15(13)18/h2-3,5,7,9-11,18H,4,6,8,12H2,1H3,(H,22,23)/t18-/m0/s1. The zero-order valence-electron chi connectivity index (χ0n) is 14.5. The van der Waals surface area contributed by atoms with Gasteiger partial charge in [0.2, 0.25) is 0 Å². The van der Waals surface area contributed by atoms with Crippen LogP contribution >= 0.6 is 15.9 Å². The smallest absolute Gasteiger partial charge is 0.339 e. The monoisotopic (exact) mass is 417 g/mol. The lowest BCUT2D eigenvalue weighted by molar-refractivity contribution is -0.125. The van der Waals surface area contributed by atoms with Gasteiger partial charge in [-0.3, -0.25) is 4.79 Å². The van der Waals surface area contributed by atoms with Gasteiger partial charge in [-0.25, -0.2) is 4.79 Å². The molecule has 1 amide bonds. The van der Waals surface area contributed by atoms with Gasteiger partial charge in [0.05, 0.1) is 18.7 Å². The second-order valence-corrected chi connectivity index (χ2v) is 6.99.